The number of rotatable bonds is 3. The molecule has 1 aromatic heterocycles. The zero-order chi connectivity index (χ0) is 14.2. The van der Waals surface area contributed by atoms with Crippen molar-refractivity contribution < 1.29 is 4.74 Å². The first kappa shape index (κ1) is 13.7. The van der Waals surface area contributed by atoms with Crippen LogP contribution in [0, 0.1) is 0 Å². The van der Waals surface area contributed by atoms with Gasteiger partial charge in [-0.25, -0.2) is 4.98 Å². The van der Waals surface area contributed by atoms with Gasteiger partial charge in [0.1, 0.15) is 10.6 Å². The maximum atomic E-state index is 5.50. The van der Waals surface area contributed by atoms with E-state index in [0.29, 0.717) is 0 Å². The molecule has 2 heterocycles. The van der Waals surface area contributed by atoms with Crippen LogP contribution < -0.4 is 5.32 Å². The normalized spacial score (nSPS) is 15.2. The van der Waals surface area contributed by atoms with Crippen molar-refractivity contribution in [2.45, 2.75) is 32.4 Å². The first-order valence-electron chi connectivity index (χ1n) is 6.94. The third kappa shape index (κ3) is 2.51. The molecule has 0 saturated carbocycles. The van der Waals surface area contributed by atoms with Crippen molar-refractivity contribution in [2.75, 3.05) is 13.7 Å². The molecule has 1 aliphatic heterocycles. The predicted octanol–water partition coefficient (Wildman–Crippen LogP) is 3.34. The lowest BCUT2D eigenvalue weighted by Gasteiger charge is -2.19. The molecule has 4 heteroatoms. The summed E-state index contributed by atoms with van der Waals surface area (Å²) in [6.45, 7) is 6.15. The summed E-state index contributed by atoms with van der Waals surface area (Å²) in [5.41, 5.74) is 4.80. The van der Waals surface area contributed by atoms with Crippen molar-refractivity contribution >= 4 is 11.3 Å². The molecule has 1 N–H and O–H groups in total. The van der Waals surface area contributed by atoms with Crippen LogP contribution in [-0.4, -0.2) is 18.6 Å². The number of fused-ring (bicyclic) bond motifs is 1. The fraction of sp³-hybridized carbons (Fsp3) is 0.438. The minimum absolute atomic E-state index is 0.318. The van der Waals surface area contributed by atoms with E-state index >= 15 is 0 Å². The summed E-state index contributed by atoms with van der Waals surface area (Å²) in [6, 6.07) is 6.68. The van der Waals surface area contributed by atoms with Crippen molar-refractivity contribution in [3.8, 4) is 11.3 Å². The van der Waals surface area contributed by atoms with Crippen LogP contribution in [0.5, 0.6) is 0 Å². The Morgan fingerprint density at radius 2 is 2.15 bits per heavy atom. The van der Waals surface area contributed by atoms with Crippen LogP contribution in [0.15, 0.2) is 23.6 Å². The lowest BCUT2D eigenvalue weighted by atomic mass is 9.97. The lowest BCUT2D eigenvalue weighted by Crippen LogP contribution is -2.23. The average Bonchev–Trinajstić information content (AvgIpc) is 2.97. The van der Waals surface area contributed by atoms with Gasteiger partial charge in [-0.05, 0) is 44.0 Å². The molecule has 106 valence electrons. The third-order valence-electron chi connectivity index (χ3n) is 3.92. The monoisotopic (exact) mass is 288 g/mol. The molecule has 0 amide bonds. The van der Waals surface area contributed by atoms with E-state index in [2.05, 4.69) is 28.9 Å². The van der Waals surface area contributed by atoms with Gasteiger partial charge in [0.15, 0.2) is 0 Å². The lowest BCUT2D eigenvalue weighted by molar-refractivity contribution is 0.0191. The van der Waals surface area contributed by atoms with Crippen LogP contribution in [0.1, 0.15) is 30.0 Å². The molecular weight excluding hydrogens is 268 g/mol. The Morgan fingerprint density at radius 1 is 1.30 bits per heavy atom. The fourth-order valence-corrected chi connectivity index (χ4v) is 3.34. The second-order valence-electron chi connectivity index (χ2n) is 5.66. The summed E-state index contributed by atoms with van der Waals surface area (Å²) in [7, 11) is 1.73. The number of aromatic nitrogens is 1. The van der Waals surface area contributed by atoms with Crippen LogP contribution >= 0.6 is 11.3 Å². The van der Waals surface area contributed by atoms with E-state index in [9.17, 15) is 0 Å². The molecule has 3 nitrogen and oxygen atoms in total. The van der Waals surface area contributed by atoms with Crippen molar-refractivity contribution in [1.29, 1.82) is 0 Å². The second-order valence-corrected chi connectivity index (χ2v) is 6.52. The van der Waals surface area contributed by atoms with Crippen molar-refractivity contribution in [1.82, 2.24) is 10.3 Å². The highest BCUT2D eigenvalue weighted by molar-refractivity contribution is 7.10. The molecule has 0 spiro atoms. The molecule has 0 radical (unpaired) electrons. The quantitative estimate of drug-likeness (QED) is 0.940. The molecule has 1 aliphatic rings. The first-order valence-corrected chi connectivity index (χ1v) is 7.82. The molecule has 0 bridgehead atoms. The van der Waals surface area contributed by atoms with E-state index in [1.54, 1.807) is 18.4 Å². The van der Waals surface area contributed by atoms with Gasteiger partial charge in [0.05, 0.1) is 5.69 Å². The van der Waals surface area contributed by atoms with Crippen molar-refractivity contribution in [3.05, 3.63) is 39.7 Å². The number of methoxy groups -OCH3 is 1. The second kappa shape index (κ2) is 5.28. The van der Waals surface area contributed by atoms with E-state index in [-0.39, 0.29) is 5.60 Å². The van der Waals surface area contributed by atoms with Gasteiger partial charge in [0.25, 0.3) is 0 Å². The summed E-state index contributed by atoms with van der Waals surface area (Å²) in [4.78, 5) is 4.75. The highest BCUT2D eigenvalue weighted by Crippen LogP contribution is 2.31. The highest BCUT2D eigenvalue weighted by atomic mass is 32.1. The molecule has 3 rings (SSSR count). The highest BCUT2D eigenvalue weighted by Gasteiger charge is 2.23. The molecular formula is C16H20N2OS. The summed E-state index contributed by atoms with van der Waals surface area (Å²) in [5.74, 6) is 0. The number of hydrogen-bond donors (Lipinski definition) is 1. The van der Waals surface area contributed by atoms with E-state index in [0.717, 1.165) is 30.2 Å². The van der Waals surface area contributed by atoms with Gasteiger partial charge in [-0.2, -0.15) is 0 Å². The first-order chi connectivity index (χ1) is 9.60. The van der Waals surface area contributed by atoms with E-state index in [1.165, 1.54) is 16.7 Å². The number of benzene rings is 1. The maximum absolute atomic E-state index is 5.50. The molecule has 0 saturated heterocycles. The Labute approximate surface area is 124 Å². The Morgan fingerprint density at radius 3 is 2.95 bits per heavy atom. The molecule has 0 unspecified atom stereocenters. The fourth-order valence-electron chi connectivity index (χ4n) is 2.41. The average molecular weight is 288 g/mol. The van der Waals surface area contributed by atoms with Crippen LogP contribution in [0.3, 0.4) is 0 Å². The smallest absolute Gasteiger partial charge is 0.125 e. The molecule has 1 aromatic carbocycles. The molecule has 0 atom stereocenters. The van der Waals surface area contributed by atoms with Gasteiger partial charge in [-0.1, -0.05) is 12.1 Å². The van der Waals surface area contributed by atoms with Gasteiger partial charge in [0.2, 0.25) is 0 Å². The Bertz CT molecular complexity index is 619. The number of thiazole rings is 1. The van der Waals surface area contributed by atoms with E-state index in [4.69, 9.17) is 9.72 Å². The predicted molar refractivity (Wildman–Crippen MR) is 83.0 cm³/mol. The summed E-state index contributed by atoms with van der Waals surface area (Å²) in [6.07, 6.45) is 1.10. The zero-order valence-corrected chi connectivity index (χ0v) is 13.0. The van der Waals surface area contributed by atoms with E-state index in [1.807, 2.05) is 13.8 Å². The molecule has 0 aliphatic carbocycles. The number of nitrogens with one attached hydrogen (secondary N) is 1. The largest absolute Gasteiger partial charge is 0.372 e. The molecule has 20 heavy (non-hydrogen) atoms. The van der Waals surface area contributed by atoms with Crippen LogP contribution in [0.25, 0.3) is 11.3 Å². The summed E-state index contributed by atoms with van der Waals surface area (Å²) < 4.78 is 5.50. The van der Waals surface area contributed by atoms with Crippen molar-refractivity contribution in [3.63, 3.8) is 0 Å². The van der Waals surface area contributed by atoms with Crippen LogP contribution in [0.2, 0.25) is 0 Å². The van der Waals surface area contributed by atoms with Gasteiger partial charge in [0, 0.05) is 24.6 Å². The molecule has 0 fully saturated rings. The summed E-state index contributed by atoms with van der Waals surface area (Å²) in [5, 5.41) is 6.55. The minimum atomic E-state index is -0.318. The van der Waals surface area contributed by atoms with Gasteiger partial charge < -0.3 is 10.1 Å². The topological polar surface area (TPSA) is 34.1 Å². The number of hydrogen-bond acceptors (Lipinski definition) is 4. The van der Waals surface area contributed by atoms with Crippen molar-refractivity contribution in [2.24, 2.45) is 0 Å². The Hall–Kier alpha value is -1.23. The van der Waals surface area contributed by atoms with Crippen LogP contribution in [-0.2, 0) is 23.3 Å². The van der Waals surface area contributed by atoms with E-state index < -0.39 is 0 Å². The van der Waals surface area contributed by atoms with Crippen LogP contribution in [0.4, 0.5) is 0 Å². The Kier molecular flexibility index (Phi) is 3.63. The SMILES string of the molecule is COC(C)(C)c1nc(-c2ccc3c(c2)CCNC3)cs1. The standard InChI is InChI=1S/C16H20N2OS/c1-16(2,19-3)15-18-14(10-20-15)12-4-5-13-9-17-7-6-11(13)8-12/h4-5,8,10,17H,6-7,9H2,1-3H3. The zero-order valence-electron chi connectivity index (χ0n) is 12.2. The van der Waals surface area contributed by atoms with Gasteiger partial charge >= 0.3 is 0 Å². The van der Waals surface area contributed by atoms with Gasteiger partial charge in [-0.15, -0.1) is 11.3 Å². The summed E-state index contributed by atoms with van der Waals surface area (Å²) >= 11 is 1.66. The third-order valence-corrected chi connectivity index (χ3v) is 5.07. The van der Waals surface area contributed by atoms with Gasteiger partial charge in [-0.3, -0.25) is 0 Å². The molecule has 2 aromatic rings. The number of ether oxygens (including phenoxy) is 1. The number of nitrogens with zero attached hydrogens (tertiary/aromatic N) is 1. The maximum Gasteiger partial charge on any atom is 0.125 e. The minimum Gasteiger partial charge on any atom is -0.372 e. The Balaban J connectivity index is 1.94.